The maximum Gasteiger partial charge on any atom is 0.239 e. The molecule has 1 fully saturated rings. The zero-order valence-corrected chi connectivity index (χ0v) is 9.78. The summed E-state index contributed by atoms with van der Waals surface area (Å²) in [7, 11) is 0. The smallest absolute Gasteiger partial charge is 0.239 e. The average molecular weight is 255 g/mol. The summed E-state index contributed by atoms with van der Waals surface area (Å²) in [5.41, 5.74) is 0.226. The lowest BCUT2D eigenvalue weighted by Crippen LogP contribution is -2.34. The van der Waals surface area contributed by atoms with Gasteiger partial charge in [0.25, 0.3) is 0 Å². The highest BCUT2D eigenvalue weighted by molar-refractivity contribution is 6.32. The Kier molecular flexibility index (Phi) is 3.53. The Morgan fingerprint density at radius 2 is 2.29 bits per heavy atom. The van der Waals surface area contributed by atoms with E-state index >= 15 is 0 Å². The average Bonchev–Trinajstić information content (AvgIpc) is 2.53. The summed E-state index contributed by atoms with van der Waals surface area (Å²) >= 11 is 5.82. The van der Waals surface area contributed by atoms with Crippen molar-refractivity contribution in [3.05, 3.63) is 17.0 Å². The highest BCUT2D eigenvalue weighted by Gasteiger charge is 2.20. The van der Waals surface area contributed by atoms with E-state index in [0.29, 0.717) is 25.2 Å². The molecule has 17 heavy (non-hydrogen) atoms. The van der Waals surface area contributed by atoms with Gasteiger partial charge < -0.3 is 10.2 Å². The largest absolute Gasteiger partial charge is 0.354 e. The van der Waals surface area contributed by atoms with Crippen LogP contribution in [0.3, 0.4) is 0 Å². The number of hydrogen-bond acceptors (Lipinski definition) is 5. The molecule has 0 saturated carbocycles. The fourth-order valence-corrected chi connectivity index (χ4v) is 1.88. The number of anilines is 1. The molecule has 1 aromatic rings. The third-order valence-corrected chi connectivity index (χ3v) is 2.79. The van der Waals surface area contributed by atoms with Gasteiger partial charge in [-0.25, -0.2) is 9.97 Å². The molecule has 0 aliphatic carbocycles. The van der Waals surface area contributed by atoms with Crippen LogP contribution in [-0.2, 0) is 4.79 Å². The Labute approximate surface area is 103 Å². The molecular formula is C10H11ClN4O2. The van der Waals surface area contributed by atoms with Gasteiger partial charge in [-0.2, -0.15) is 0 Å². The number of nitrogens with zero attached hydrogens (tertiary/aromatic N) is 3. The molecule has 0 spiro atoms. The minimum absolute atomic E-state index is 0.0888. The first-order chi connectivity index (χ1) is 8.22. The number of aldehydes is 1. The summed E-state index contributed by atoms with van der Waals surface area (Å²) < 4.78 is 0. The second-order valence-electron chi connectivity index (χ2n) is 3.64. The lowest BCUT2D eigenvalue weighted by Gasteiger charge is -2.21. The molecule has 1 N–H and O–H groups in total. The lowest BCUT2D eigenvalue weighted by atomic mass is 10.3. The number of aromatic nitrogens is 2. The van der Waals surface area contributed by atoms with Gasteiger partial charge in [-0.15, -0.1) is 0 Å². The van der Waals surface area contributed by atoms with Gasteiger partial charge in [0.15, 0.2) is 6.29 Å². The van der Waals surface area contributed by atoms with Gasteiger partial charge in [0.05, 0.1) is 12.1 Å². The van der Waals surface area contributed by atoms with Crippen LogP contribution in [0.5, 0.6) is 0 Å². The monoisotopic (exact) mass is 254 g/mol. The molecule has 0 bridgehead atoms. The molecule has 1 aromatic heterocycles. The molecule has 1 aliphatic heterocycles. The lowest BCUT2D eigenvalue weighted by molar-refractivity contribution is -0.119. The normalized spacial score (nSPS) is 16.3. The van der Waals surface area contributed by atoms with Crippen molar-refractivity contribution in [2.24, 2.45) is 0 Å². The molecule has 7 heteroatoms. The quantitative estimate of drug-likeness (QED) is 0.606. The molecule has 0 radical (unpaired) electrons. The Bertz CT molecular complexity index is 452. The number of halogens is 1. The summed E-state index contributed by atoms with van der Waals surface area (Å²) in [6, 6.07) is 0. The van der Waals surface area contributed by atoms with Crippen LogP contribution in [0.15, 0.2) is 6.33 Å². The molecule has 1 amide bonds. The summed E-state index contributed by atoms with van der Waals surface area (Å²) in [5, 5.41) is 2.86. The van der Waals surface area contributed by atoms with E-state index in [1.807, 2.05) is 0 Å². The van der Waals surface area contributed by atoms with Gasteiger partial charge in [0.1, 0.15) is 17.3 Å². The van der Waals surface area contributed by atoms with Crippen LogP contribution in [0.4, 0.5) is 5.82 Å². The number of rotatable bonds is 2. The zero-order valence-electron chi connectivity index (χ0n) is 9.02. The molecule has 0 atom stereocenters. The molecule has 1 aliphatic rings. The van der Waals surface area contributed by atoms with Crippen LogP contribution in [-0.4, -0.2) is 41.8 Å². The topological polar surface area (TPSA) is 75.2 Å². The fourth-order valence-electron chi connectivity index (χ4n) is 1.71. The second-order valence-corrected chi connectivity index (χ2v) is 4.00. The highest BCUT2D eigenvalue weighted by atomic mass is 35.5. The van der Waals surface area contributed by atoms with Crippen LogP contribution in [0.25, 0.3) is 0 Å². The first kappa shape index (κ1) is 11.8. The van der Waals surface area contributed by atoms with Crippen LogP contribution in [0, 0.1) is 0 Å². The van der Waals surface area contributed by atoms with Crippen molar-refractivity contribution in [1.29, 1.82) is 0 Å². The van der Waals surface area contributed by atoms with Gasteiger partial charge in [-0.3, -0.25) is 9.59 Å². The van der Waals surface area contributed by atoms with Crippen molar-refractivity contribution >= 4 is 29.6 Å². The zero-order chi connectivity index (χ0) is 12.3. The van der Waals surface area contributed by atoms with Crippen molar-refractivity contribution in [2.75, 3.05) is 24.5 Å². The van der Waals surface area contributed by atoms with Crippen molar-refractivity contribution in [3.8, 4) is 0 Å². The van der Waals surface area contributed by atoms with E-state index in [4.69, 9.17) is 11.6 Å². The van der Waals surface area contributed by atoms with Crippen LogP contribution < -0.4 is 10.2 Å². The number of hydrogen-bond donors (Lipinski definition) is 1. The highest BCUT2D eigenvalue weighted by Crippen LogP contribution is 2.21. The van der Waals surface area contributed by atoms with E-state index in [-0.39, 0.29) is 23.2 Å². The number of amides is 1. The predicted molar refractivity (Wildman–Crippen MR) is 62.3 cm³/mol. The second kappa shape index (κ2) is 5.09. The van der Waals surface area contributed by atoms with Gasteiger partial charge in [0.2, 0.25) is 5.91 Å². The van der Waals surface area contributed by atoms with E-state index in [1.165, 1.54) is 6.33 Å². The molecule has 90 valence electrons. The summed E-state index contributed by atoms with van der Waals surface area (Å²) in [6.07, 6.45) is 2.69. The maximum absolute atomic E-state index is 11.4. The summed E-state index contributed by atoms with van der Waals surface area (Å²) in [4.78, 5) is 31.9. The van der Waals surface area contributed by atoms with Crippen molar-refractivity contribution in [1.82, 2.24) is 15.3 Å². The molecule has 6 nitrogen and oxygen atoms in total. The van der Waals surface area contributed by atoms with Gasteiger partial charge in [-0.05, 0) is 6.42 Å². The Morgan fingerprint density at radius 1 is 1.47 bits per heavy atom. The van der Waals surface area contributed by atoms with E-state index in [1.54, 1.807) is 4.90 Å². The fraction of sp³-hybridized carbons (Fsp3) is 0.400. The number of nitrogens with one attached hydrogen (secondary N) is 1. The third kappa shape index (κ3) is 2.52. The van der Waals surface area contributed by atoms with Crippen LogP contribution in [0.1, 0.15) is 16.8 Å². The number of carbonyl (C=O) groups excluding carboxylic acids is 2. The van der Waals surface area contributed by atoms with Crippen molar-refractivity contribution in [2.45, 2.75) is 6.42 Å². The van der Waals surface area contributed by atoms with Crippen LogP contribution in [0.2, 0.25) is 5.15 Å². The van der Waals surface area contributed by atoms with E-state index < -0.39 is 0 Å². The first-order valence-corrected chi connectivity index (χ1v) is 5.57. The summed E-state index contributed by atoms with van der Waals surface area (Å²) in [5.74, 6) is 0.325. The van der Waals surface area contributed by atoms with Gasteiger partial charge in [0, 0.05) is 13.1 Å². The number of carbonyl (C=O) groups is 2. The van der Waals surface area contributed by atoms with E-state index in [2.05, 4.69) is 15.3 Å². The standard InChI is InChI=1S/C10H11ClN4O2/c11-9-7(5-16)10(14-6-13-9)15-3-1-2-12-8(17)4-15/h5-6H,1-4H2,(H,12,17). The molecule has 0 unspecified atom stereocenters. The van der Waals surface area contributed by atoms with Crippen molar-refractivity contribution < 1.29 is 9.59 Å². The summed E-state index contributed by atoms with van der Waals surface area (Å²) in [6.45, 7) is 1.45. The molecular weight excluding hydrogens is 244 g/mol. The molecule has 2 heterocycles. The molecule has 2 rings (SSSR count). The van der Waals surface area contributed by atoms with Crippen molar-refractivity contribution in [3.63, 3.8) is 0 Å². The minimum atomic E-state index is -0.0888. The van der Waals surface area contributed by atoms with Crippen LogP contribution >= 0.6 is 11.6 Å². The molecule has 0 aromatic carbocycles. The maximum atomic E-state index is 11.4. The third-order valence-electron chi connectivity index (χ3n) is 2.49. The predicted octanol–water partition coefficient (Wildman–Crippen LogP) is 0.269. The Morgan fingerprint density at radius 3 is 3.06 bits per heavy atom. The Balaban J connectivity index is 2.35. The Hall–Kier alpha value is -1.69. The molecule has 1 saturated heterocycles. The van der Waals surface area contributed by atoms with Gasteiger partial charge in [-0.1, -0.05) is 11.6 Å². The SMILES string of the molecule is O=Cc1c(Cl)ncnc1N1CCCNC(=O)C1. The van der Waals surface area contributed by atoms with E-state index in [0.717, 1.165) is 6.42 Å². The first-order valence-electron chi connectivity index (χ1n) is 5.19. The minimum Gasteiger partial charge on any atom is -0.354 e. The van der Waals surface area contributed by atoms with Gasteiger partial charge >= 0.3 is 0 Å². The van der Waals surface area contributed by atoms with E-state index in [9.17, 15) is 9.59 Å².